The van der Waals surface area contributed by atoms with Gasteiger partial charge in [0.05, 0.1) is 4.47 Å². The van der Waals surface area contributed by atoms with Crippen molar-refractivity contribution in [3.05, 3.63) is 33.8 Å². The third-order valence-electron chi connectivity index (χ3n) is 3.83. The Kier molecular flexibility index (Phi) is 4.73. The van der Waals surface area contributed by atoms with Gasteiger partial charge in [0.2, 0.25) is 0 Å². The molecule has 0 bridgehead atoms. The first-order valence-electron chi connectivity index (χ1n) is 6.50. The summed E-state index contributed by atoms with van der Waals surface area (Å²) in [5, 5.41) is 0. The zero-order valence-electron chi connectivity index (χ0n) is 10.3. The minimum absolute atomic E-state index is 0.180. The molecule has 0 spiro atoms. The molecular weight excluding hydrogens is 300 g/mol. The Morgan fingerprint density at radius 1 is 1.11 bits per heavy atom. The molecule has 2 rings (SSSR count). The highest BCUT2D eigenvalue weighted by molar-refractivity contribution is 9.10. The largest absolute Gasteiger partial charge is 0.324 e. The molecule has 18 heavy (non-hydrogen) atoms. The van der Waals surface area contributed by atoms with Crippen LogP contribution in [0.15, 0.2) is 16.6 Å². The van der Waals surface area contributed by atoms with Crippen LogP contribution in [0, 0.1) is 17.6 Å². The molecule has 1 saturated carbocycles. The Morgan fingerprint density at radius 2 is 1.72 bits per heavy atom. The van der Waals surface area contributed by atoms with Gasteiger partial charge in [-0.1, -0.05) is 31.7 Å². The fourth-order valence-corrected chi connectivity index (χ4v) is 3.31. The van der Waals surface area contributed by atoms with Crippen molar-refractivity contribution in [2.75, 3.05) is 0 Å². The summed E-state index contributed by atoms with van der Waals surface area (Å²) in [4.78, 5) is 0. The van der Waals surface area contributed by atoms with Gasteiger partial charge in [-0.15, -0.1) is 0 Å². The Balaban J connectivity index is 2.22. The van der Waals surface area contributed by atoms with Gasteiger partial charge in [0.15, 0.2) is 11.6 Å². The van der Waals surface area contributed by atoms with E-state index in [0.29, 0.717) is 11.5 Å². The third kappa shape index (κ3) is 2.91. The lowest BCUT2D eigenvalue weighted by atomic mass is 9.88. The molecule has 1 unspecified atom stereocenters. The SMILES string of the molecule is NC(c1ccc(F)c(F)c1Br)C1CCCCCC1. The molecule has 100 valence electrons. The van der Waals surface area contributed by atoms with Crippen LogP contribution in [0.3, 0.4) is 0 Å². The monoisotopic (exact) mass is 317 g/mol. The average molecular weight is 318 g/mol. The lowest BCUT2D eigenvalue weighted by Gasteiger charge is -2.24. The predicted molar refractivity (Wildman–Crippen MR) is 72.2 cm³/mol. The molecule has 1 aliphatic carbocycles. The van der Waals surface area contributed by atoms with E-state index in [4.69, 9.17) is 5.73 Å². The summed E-state index contributed by atoms with van der Waals surface area (Å²) >= 11 is 3.12. The fourth-order valence-electron chi connectivity index (χ4n) is 2.72. The van der Waals surface area contributed by atoms with Crippen molar-refractivity contribution >= 4 is 15.9 Å². The van der Waals surface area contributed by atoms with Gasteiger partial charge in [0.25, 0.3) is 0 Å². The zero-order chi connectivity index (χ0) is 13.1. The number of halogens is 3. The van der Waals surface area contributed by atoms with E-state index in [-0.39, 0.29) is 10.5 Å². The van der Waals surface area contributed by atoms with Crippen molar-refractivity contribution in [2.45, 2.75) is 44.6 Å². The summed E-state index contributed by atoms with van der Waals surface area (Å²) in [6.07, 6.45) is 7.02. The summed E-state index contributed by atoms with van der Waals surface area (Å²) in [7, 11) is 0. The van der Waals surface area contributed by atoms with Gasteiger partial charge in [0, 0.05) is 6.04 Å². The summed E-state index contributed by atoms with van der Waals surface area (Å²) in [6.45, 7) is 0. The molecule has 1 nitrogen and oxygen atoms in total. The predicted octanol–water partition coefficient (Wildman–Crippen LogP) is 4.70. The number of rotatable bonds is 2. The highest BCUT2D eigenvalue weighted by Crippen LogP contribution is 2.36. The molecule has 2 N–H and O–H groups in total. The summed E-state index contributed by atoms with van der Waals surface area (Å²) < 4.78 is 26.8. The molecule has 0 aliphatic heterocycles. The minimum atomic E-state index is -0.837. The maximum atomic E-state index is 13.5. The van der Waals surface area contributed by atoms with Crippen LogP contribution in [-0.2, 0) is 0 Å². The molecule has 4 heteroatoms. The number of benzene rings is 1. The molecule has 1 aromatic rings. The van der Waals surface area contributed by atoms with Crippen LogP contribution in [-0.4, -0.2) is 0 Å². The van der Waals surface area contributed by atoms with Gasteiger partial charge in [0.1, 0.15) is 0 Å². The summed E-state index contributed by atoms with van der Waals surface area (Å²) in [6, 6.07) is 2.54. The lowest BCUT2D eigenvalue weighted by molar-refractivity contribution is 0.379. The average Bonchev–Trinajstić information content (AvgIpc) is 2.64. The quantitative estimate of drug-likeness (QED) is 0.621. The lowest BCUT2D eigenvalue weighted by Crippen LogP contribution is -2.22. The number of nitrogens with two attached hydrogens (primary N) is 1. The van der Waals surface area contributed by atoms with Gasteiger partial charge in [-0.25, -0.2) is 8.78 Å². The van der Waals surface area contributed by atoms with Crippen LogP contribution in [0.2, 0.25) is 0 Å². The minimum Gasteiger partial charge on any atom is -0.324 e. The Bertz CT molecular complexity index is 415. The van der Waals surface area contributed by atoms with E-state index in [1.807, 2.05) is 0 Å². The van der Waals surface area contributed by atoms with Crippen molar-refractivity contribution in [2.24, 2.45) is 11.7 Å². The topological polar surface area (TPSA) is 26.0 Å². The van der Waals surface area contributed by atoms with E-state index in [1.165, 1.54) is 25.7 Å². The first kappa shape index (κ1) is 13.9. The molecule has 0 heterocycles. The molecule has 0 saturated heterocycles. The molecule has 1 fully saturated rings. The Morgan fingerprint density at radius 3 is 2.33 bits per heavy atom. The van der Waals surface area contributed by atoms with Crippen molar-refractivity contribution in [3.63, 3.8) is 0 Å². The highest BCUT2D eigenvalue weighted by Gasteiger charge is 2.24. The first-order valence-corrected chi connectivity index (χ1v) is 7.29. The van der Waals surface area contributed by atoms with E-state index in [1.54, 1.807) is 6.07 Å². The van der Waals surface area contributed by atoms with Crippen LogP contribution in [0.4, 0.5) is 8.78 Å². The number of hydrogen-bond donors (Lipinski definition) is 1. The van der Waals surface area contributed by atoms with Crippen LogP contribution in [0.5, 0.6) is 0 Å². The van der Waals surface area contributed by atoms with Gasteiger partial charge in [-0.05, 0) is 46.3 Å². The van der Waals surface area contributed by atoms with E-state index in [9.17, 15) is 8.78 Å². The molecule has 1 aromatic carbocycles. The van der Waals surface area contributed by atoms with E-state index in [0.717, 1.165) is 18.9 Å². The molecule has 1 aliphatic rings. The second kappa shape index (κ2) is 6.11. The van der Waals surface area contributed by atoms with E-state index < -0.39 is 11.6 Å². The standard InChI is InChI=1S/C14H18BrF2N/c15-12-10(7-8-11(16)13(12)17)14(18)9-5-3-1-2-4-6-9/h7-9,14H,1-6,18H2. The molecule has 1 atom stereocenters. The fraction of sp³-hybridized carbons (Fsp3) is 0.571. The highest BCUT2D eigenvalue weighted by atomic mass is 79.9. The summed E-state index contributed by atoms with van der Waals surface area (Å²) in [5.41, 5.74) is 6.92. The van der Waals surface area contributed by atoms with Crippen LogP contribution in [0.1, 0.15) is 50.1 Å². The van der Waals surface area contributed by atoms with Gasteiger partial charge in [-0.3, -0.25) is 0 Å². The van der Waals surface area contributed by atoms with Crippen LogP contribution >= 0.6 is 15.9 Å². The Hall–Kier alpha value is -0.480. The molecule has 0 radical (unpaired) electrons. The molecular formula is C14H18BrF2N. The molecule has 0 aromatic heterocycles. The van der Waals surface area contributed by atoms with Crippen molar-refractivity contribution in [1.82, 2.24) is 0 Å². The number of hydrogen-bond acceptors (Lipinski definition) is 1. The van der Waals surface area contributed by atoms with Gasteiger partial charge in [-0.2, -0.15) is 0 Å². The third-order valence-corrected chi connectivity index (χ3v) is 4.64. The van der Waals surface area contributed by atoms with Crippen molar-refractivity contribution < 1.29 is 8.78 Å². The first-order chi connectivity index (χ1) is 8.61. The Labute approximate surface area is 115 Å². The van der Waals surface area contributed by atoms with Gasteiger partial charge < -0.3 is 5.73 Å². The smallest absolute Gasteiger partial charge is 0.173 e. The second-order valence-corrected chi connectivity index (χ2v) is 5.84. The second-order valence-electron chi connectivity index (χ2n) is 5.04. The van der Waals surface area contributed by atoms with E-state index >= 15 is 0 Å². The normalized spacial score (nSPS) is 19.6. The zero-order valence-corrected chi connectivity index (χ0v) is 11.8. The van der Waals surface area contributed by atoms with E-state index in [2.05, 4.69) is 15.9 Å². The van der Waals surface area contributed by atoms with Crippen LogP contribution < -0.4 is 5.73 Å². The van der Waals surface area contributed by atoms with Crippen LogP contribution in [0.25, 0.3) is 0 Å². The molecule has 0 amide bonds. The van der Waals surface area contributed by atoms with Gasteiger partial charge >= 0.3 is 0 Å². The maximum absolute atomic E-state index is 13.5. The van der Waals surface area contributed by atoms with Crippen molar-refractivity contribution in [3.8, 4) is 0 Å². The summed E-state index contributed by atoms with van der Waals surface area (Å²) in [5.74, 6) is -1.30. The van der Waals surface area contributed by atoms with Crippen molar-refractivity contribution in [1.29, 1.82) is 0 Å². The maximum Gasteiger partial charge on any atom is 0.173 e.